The number of hydrogen-bond donors (Lipinski definition) is 2. The lowest BCUT2D eigenvalue weighted by Gasteiger charge is -2.16. The molecule has 0 unspecified atom stereocenters. The van der Waals surface area contributed by atoms with Crippen LogP contribution in [0.2, 0.25) is 0 Å². The van der Waals surface area contributed by atoms with E-state index >= 15 is 0 Å². The molecule has 1 amide bonds. The SMILES string of the molecule is CCc1cc(=O)[nH]c(-c2cccc(NC(=O)CN(C)S(=O)(=O)c3cccs3)c2)n1. The van der Waals surface area contributed by atoms with Gasteiger partial charge in [-0.1, -0.05) is 25.1 Å². The number of anilines is 1. The van der Waals surface area contributed by atoms with Crippen molar-refractivity contribution in [3.05, 3.63) is 63.9 Å². The molecule has 29 heavy (non-hydrogen) atoms. The molecule has 1 aromatic carbocycles. The molecule has 0 saturated heterocycles. The number of likely N-dealkylation sites (N-methyl/N-ethyl adjacent to an activating group) is 1. The minimum atomic E-state index is -3.71. The van der Waals surface area contributed by atoms with Crippen molar-refractivity contribution in [2.75, 3.05) is 18.9 Å². The molecular formula is C19H20N4O4S2. The van der Waals surface area contributed by atoms with Crippen LogP contribution in [0.25, 0.3) is 11.4 Å². The Hall–Kier alpha value is -2.82. The normalized spacial score (nSPS) is 11.6. The Morgan fingerprint density at radius 2 is 2.03 bits per heavy atom. The number of nitrogens with zero attached hydrogens (tertiary/aromatic N) is 2. The van der Waals surface area contributed by atoms with Crippen LogP contribution < -0.4 is 10.9 Å². The van der Waals surface area contributed by atoms with Crippen molar-refractivity contribution in [2.45, 2.75) is 17.6 Å². The van der Waals surface area contributed by atoms with Crippen LogP contribution in [-0.4, -0.2) is 42.2 Å². The molecule has 0 spiro atoms. The fourth-order valence-electron chi connectivity index (χ4n) is 2.62. The van der Waals surface area contributed by atoms with Crippen LogP contribution in [0.4, 0.5) is 5.69 Å². The Morgan fingerprint density at radius 1 is 1.24 bits per heavy atom. The third kappa shape index (κ3) is 4.97. The Balaban J connectivity index is 1.74. The molecule has 0 aliphatic rings. The molecule has 0 radical (unpaired) electrons. The van der Waals surface area contributed by atoms with Gasteiger partial charge in [-0.25, -0.2) is 13.4 Å². The Kier molecular flexibility index (Phi) is 6.26. The molecule has 2 N–H and O–H groups in total. The topological polar surface area (TPSA) is 112 Å². The molecule has 8 nitrogen and oxygen atoms in total. The average Bonchev–Trinajstić information content (AvgIpc) is 3.23. The summed E-state index contributed by atoms with van der Waals surface area (Å²) in [6.45, 7) is 1.58. The average molecular weight is 433 g/mol. The first-order valence-electron chi connectivity index (χ1n) is 8.80. The molecule has 0 atom stereocenters. The molecule has 2 heterocycles. The highest BCUT2D eigenvalue weighted by Gasteiger charge is 2.23. The van der Waals surface area contributed by atoms with Crippen molar-refractivity contribution < 1.29 is 13.2 Å². The monoisotopic (exact) mass is 432 g/mol. The first-order chi connectivity index (χ1) is 13.8. The van der Waals surface area contributed by atoms with Crippen LogP contribution >= 0.6 is 11.3 Å². The lowest BCUT2D eigenvalue weighted by Crippen LogP contribution is -2.34. The van der Waals surface area contributed by atoms with Crippen molar-refractivity contribution in [1.29, 1.82) is 0 Å². The Bertz CT molecular complexity index is 1170. The summed E-state index contributed by atoms with van der Waals surface area (Å²) >= 11 is 1.10. The summed E-state index contributed by atoms with van der Waals surface area (Å²) in [5, 5.41) is 4.35. The second-order valence-electron chi connectivity index (χ2n) is 6.26. The van der Waals surface area contributed by atoms with E-state index < -0.39 is 15.9 Å². The number of nitrogens with one attached hydrogen (secondary N) is 2. The van der Waals surface area contributed by atoms with E-state index in [0.717, 1.165) is 15.6 Å². The summed E-state index contributed by atoms with van der Waals surface area (Å²) in [5.41, 5.74) is 1.52. The molecule has 0 aliphatic heterocycles. The molecule has 0 aliphatic carbocycles. The van der Waals surface area contributed by atoms with E-state index in [-0.39, 0.29) is 16.3 Å². The fraction of sp³-hybridized carbons (Fsp3) is 0.211. The minimum absolute atomic E-state index is 0.181. The van der Waals surface area contributed by atoms with Gasteiger partial charge in [0, 0.05) is 30.1 Å². The predicted octanol–water partition coefficient (Wildman–Crippen LogP) is 2.32. The lowest BCUT2D eigenvalue weighted by atomic mass is 10.1. The van der Waals surface area contributed by atoms with Gasteiger partial charge in [0.1, 0.15) is 10.0 Å². The smallest absolute Gasteiger partial charge is 0.252 e. The number of carbonyl (C=O) groups is 1. The zero-order valence-corrected chi connectivity index (χ0v) is 17.5. The number of benzene rings is 1. The van der Waals surface area contributed by atoms with Crippen LogP contribution in [0.3, 0.4) is 0 Å². The van der Waals surface area contributed by atoms with Gasteiger partial charge >= 0.3 is 0 Å². The molecular weight excluding hydrogens is 412 g/mol. The first kappa shape index (κ1) is 20.9. The minimum Gasteiger partial charge on any atom is -0.325 e. The second-order valence-corrected chi connectivity index (χ2v) is 9.48. The number of aromatic nitrogens is 2. The number of aromatic amines is 1. The number of sulfonamides is 1. The van der Waals surface area contributed by atoms with Crippen molar-refractivity contribution in [3.8, 4) is 11.4 Å². The summed E-state index contributed by atoms with van der Waals surface area (Å²) in [5.74, 6) is -0.0728. The van der Waals surface area contributed by atoms with E-state index in [4.69, 9.17) is 0 Å². The maximum absolute atomic E-state index is 12.4. The zero-order chi connectivity index (χ0) is 21.0. The van der Waals surface area contributed by atoms with Gasteiger partial charge in [-0.2, -0.15) is 4.31 Å². The van der Waals surface area contributed by atoms with E-state index in [1.807, 2.05) is 6.92 Å². The molecule has 0 bridgehead atoms. The van der Waals surface area contributed by atoms with Crippen molar-refractivity contribution in [1.82, 2.24) is 14.3 Å². The fourth-order valence-corrected chi connectivity index (χ4v) is 4.95. The maximum Gasteiger partial charge on any atom is 0.252 e. The third-order valence-corrected chi connectivity index (χ3v) is 7.28. The number of carbonyl (C=O) groups excluding carboxylic acids is 1. The third-order valence-electron chi connectivity index (χ3n) is 4.10. The highest BCUT2D eigenvalue weighted by Crippen LogP contribution is 2.21. The van der Waals surface area contributed by atoms with E-state index in [0.29, 0.717) is 29.2 Å². The van der Waals surface area contributed by atoms with Gasteiger partial charge in [-0.05, 0) is 30.0 Å². The summed E-state index contributed by atoms with van der Waals surface area (Å²) < 4.78 is 26.0. The number of aryl methyl sites for hydroxylation is 1. The second kappa shape index (κ2) is 8.68. The maximum atomic E-state index is 12.4. The first-order valence-corrected chi connectivity index (χ1v) is 11.1. The van der Waals surface area contributed by atoms with Crippen LogP contribution in [0, 0.1) is 0 Å². The van der Waals surface area contributed by atoms with Gasteiger partial charge in [0.15, 0.2) is 0 Å². The van der Waals surface area contributed by atoms with Crippen molar-refractivity contribution in [2.24, 2.45) is 0 Å². The number of rotatable bonds is 7. The molecule has 0 saturated carbocycles. The number of amides is 1. The van der Waals surface area contributed by atoms with Crippen LogP contribution in [0.15, 0.2) is 56.8 Å². The van der Waals surface area contributed by atoms with E-state index in [1.54, 1.807) is 35.7 Å². The molecule has 3 aromatic rings. The van der Waals surface area contributed by atoms with Gasteiger partial charge in [0.25, 0.3) is 15.6 Å². The highest BCUT2D eigenvalue weighted by molar-refractivity contribution is 7.91. The highest BCUT2D eigenvalue weighted by atomic mass is 32.2. The van der Waals surface area contributed by atoms with Gasteiger partial charge in [0.05, 0.1) is 6.54 Å². The van der Waals surface area contributed by atoms with Crippen molar-refractivity contribution >= 4 is 33.0 Å². The molecule has 2 aromatic heterocycles. The van der Waals surface area contributed by atoms with Gasteiger partial charge in [-0.15, -0.1) is 11.3 Å². The van der Waals surface area contributed by atoms with Crippen molar-refractivity contribution in [3.63, 3.8) is 0 Å². The number of H-pyrrole nitrogens is 1. The Labute approximate surface area is 172 Å². The molecule has 10 heteroatoms. The molecule has 152 valence electrons. The largest absolute Gasteiger partial charge is 0.325 e. The van der Waals surface area contributed by atoms with Crippen LogP contribution in [0.1, 0.15) is 12.6 Å². The van der Waals surface area contributed by atoms with Crippen LogP contribution in [0.5, 0.6) is 0 Å². The molecule has 3 rings (SSSR count). The standard InChI is InChI=1S/C19H20N4O4S2/c1-3-14-11-16(24)22-19(21-14)13-6-4-7-15(10-13)20-17(25)12-23(2)29(26,27)18-8-5-9-28-18/h4-11H,3,12H2,1-2H3,(H,20,25)(H,21,22,24). The van der Waals surface area contributed by atoms with Crippen LogP contribution in [-0.2, 0) is 21.2 Å². The van der Waals surface area contributed by atoms with E-state index in [1.165, 1.54) is 19.2 Å². The predicted molar refractivity (Wildman–Crippen MR) is 112 cm³/mol. The van der Waals surface area contributed by atoms with Gasteiger partial charge in [-0.3, -0.25) is 9.59 Å². The van der Waals surface area contributed by atoms with E-state index in [9.17, 15) is 18.0 Å². The summed E-state index contributed by atoms with van der Waals surface area (Å²) in [6.07, 6.45) is 0.623. The quantitative estimate of drug-likeness (QED) is 0.595. The zero-order valence-electron chi connectivity index (χ0n) is 15.9. The van der Waals surface area contributed by atoms with E-state index in [2.05, 4.69) is 15.3 Å². The summed E-state index contributed by atoms with van der Waals surface area (Å²) in [6, 6.07) is 11.4. The Morgan fingerprint density at radius 3 is 2.72 bits per heavy atom. The van der Waals surface area contributed by atoms with Gasteiger partial charge < -0.3 is 10.3 Å². The summed E-state index contributed by atoms with van der Waals surface area (Å²) in [4.78, 5) is 31.2. The summed E-state index contributed by atoms with van der Waals surface area (Å²) in [7, 11) is -2.35. The number of hydrogen-bond acceptors (Lipinski definition) is 6. The van der Waals surface area contributed by atoms with Gasteiger partial charge in [0.2, 0.25) is 5.91 Å². The lowest BCUT2D eigenvalue weighted by molar-refractivity contribution is -0.116. The molecule has 0 fully saturated rings. The number of thiophene rings is 1.